The van der Waals surface area contributed by atoms with Gasteiger partial charge in [-0.3, -0.25) is 0 Å². The van der Waals surface area contributed by atoms with Crippen LogP contribution in [0.25, 0.3) is 0 Å². The normalized spacial score (nSPS) is 14.4. The molecule has 0 aliphatic carbocycles. The number of hydrogen-bond donors (Lipinski definition) is 1. The summed E-state index contributed by atoms with van der Waals surface area (Å²) in [5, 5.41) is 9.37. The second kappa shape index (κ2) is 8.04. The van der Waals surface area contributed by atoms with Crippen molar-refractivity contribution in [2.75, 3.05) is 47.8 Å². The maximum Gasteiger partial charge on any atom is 0.104 e. The number of likely N-dealkylation sites (N-methyl/N-ethyl adjacent to an activating group) is 1. The fourth-order valence-electron chi connectivity index (χ4n) is 2.13. The zero-order valence-corrected chi connectivity index (χ0v) is 11.9. The smallest absolute Gasteiger partial charge is 0.104 e. The Morgan fingerprint density at radius 1 is 1.06 bits per heavy atom. The van der Waals surface area contributed by atoms with E-state index in [2.05, 4.69) is 33.1 Å². The summed E-state index contributed by atoms with van der Waals surface area (Å²) < 4.78 is 0.936. The van der Waals surface area contributed by atoms with E-state index in [1.54, 1.807) is 0 Å². The molecule has 0 aromatic heterocycles. The van der Waals surface area contributed by atoms with Gasteiger partial charge < -0.3 is 14.5 Å². The van der Waals surface area contributed by atoms with E-state index in [0.29, 0.717) is 0 Å². The molecule has 1 atom stereocenters. The van der Waals surface area contributed by atoms with Gasteiger partial charge in [-0.15, -0.1) is 0 Å². The molecule has 16 heavy (non-hydrogen) atoms. The molecule has 0 radical (unpaired) electrons. The Hall–Kier alpha value is -0.120. The lowest BCUT2D eigenvalue weighted by atomic mass is 10.1. The molecule has 0 saturated heterocycles. The first-order valence-electron chi connectivity index (χ1n) is 6.48. The van der Waals surface area contributed by atoms with Gasteiger partial charge in [0.05, 0.1) is 20.6 Å². The highest BCUT2D eigenvalue weighted by atomic mass is 16.3. The fraction of sp³-hybridized carbons (Fsp3) is 1.00. The average molecular weight is 231 g/mol. The molecule has 98 valence electrons. The molecular formula is C13H31N2O+. The third-order valence-electron chi connectivity index (χ3n) is 2.88. The Labute approximate surface area is 102 Å². The molecule has 3 heteroatoms. The van der Waals surface area contributed by atoms with E-state index >= 15 is 0 Å². The van der Waals surface area contributed by atoms with Crippen molar-refractivity contribution in [3.63, 3.8) is 0 Å². The number of rotatable bonds is 9. The first kappa shape index (κ1) is 15.9. The molecule has 0 bridgehead atoms. The molecule has 1 unspecified atom stereocenters. The van der Waals surface area contributed by atoms with Gasteiger partial charge in [-0.1, -0.05) is 6.42 Å². The lowest BCUT2D eigenvalue weighted by molar-refractivity contribution is -0.893. The predicted molar refractivity (Wildman–Crippen MR) is 70.5 cm³/mol. The number of aliphatic hydroxyl groups is 1. The first-order chi connectivity index (χ1) is 7.33. The predicted octanol–water partition coefficient (Wildman–Crippen LogP) is 1.57. The Kier molecular flexibility index (Phi) is 7.98. The monoisotopic (exact) mass is 231 g/mol. The summed E-state index contributed by atoms with van der Waals surface area (Å²) in [5.41, 5.74) is 0. The molecule has 0 amide bonds. The number of aliphatic hydroxyl groups excluding tert-OH is 1. The minimum atomic E-state index is -0.191. The van der Waals surface area contributed by atoms with E-state index in [1.165, 1.54) is 38.8 Å². The highest BCUT2D eigenvalue weighted by molar-refractivity contribution is 4.48. The third kappa shape index (κ3) is 10.4. The third-order valence-corrected chi connectivity index (χ3v) is 2.88. The molecule has 0 aromatic carbocycles. The summed E-state index contributed by atoms with van der Waals surface area (Å²) in [6.45, 7) is 5.10. The Balaban J connectivity index is 3.43. The SMILES string of the molecule is CC(O)C[N+](C)(C)CCCCCCN(C)C. The van der Waals surface area contributed by atoms with E-state index in [1.807, 2.05) is 6.92 Å². The highest BCUT2D eigenvalue weighted by Crippen LogP contribution is 2.06. The van der Waals surface area contributed by atoms with Crippen LogP contribution in [0.5, 0.6) is 0 Å². The van der Waals surface area contributed by atoms with Gasteiger partial charge in [-0.05, 0) is 46.8 Å². The van der Waals surface area contributed by atoms with Crippen molar-refractivity contribution in [1.82, 2.24) is 4.90 Å². The Morgan fingerprint density at radius 3 is 2.12 bits per heavy atom. The Bertz CT molecular complexity index is 167. The van der Waals surface area contributed by atoms with Crippen LogP contribution in [0.1, 0.15) is 32.6 Å². The minimum Gasteiger partial charge on any atom is -0.388 e. The minimum absolute atomic E-state index is 0.191. The van der Waals surface area contributed by atoms with Gasteiger partial charge in [0.15, 0.2) is 0 Å². The van der Waals surface area contributed by atoms with Gasteiger partial charge in [0.25, 0.3) is 0 Å². The van der Waals surface area contributed by atoms with Gasteiger partial charge in [0.2, 0.25) is 0 Å². The van der Waals surface area contributed by atoms with Crippen LogP contribution in [-0.4, -0.2) is 68.4 Å². The lowest BCUT2D eigenvalue weighted by Gasteiger charge is -2.31. The molecule has 0 saturated carbocycles. The topological polar surface area (TPSA) is 23.5 Å². The van der Waals surface area contributed by atoms with E-state index < -0.39 is 0 Å². The largest absolute Gasteiger partial charge is 0.388 e. The van der Waals surface area contributed by atoms with Gasteiger partial charge >= 0.3 is 0 Å². The Morgan fingerprint density at radius 2 is 1.62 bits per heavy atom. The van der Waals surface area contributed by atoms with Crippen LogP contribution in [-0.2, 0) is 0 Å². The van der Waals surface area contributed by atoms with Crippen molar-refractivity contribution in [3.8, 4) is 0 Å². The van der Waals surface area contributed by atoms with Crippen LogP contribution in [0.4, 0.5) is 0 Å². The van der Waals surface area contributed by atoms with Crippen molar-refractivity contribution < 1.29 is 9.59 Å². The van der Waals surface area contributed by atoms with E-state index in [4.69, 9.17) is 0 Å². The van der Waals surface area contributed by atoms with Gasteiger partial charge in [-0.25, -0.2) is 0 Å². The number of unbranched alkanes of at least 4 members (excludes halogenated alkanes) is 3. The van der Waals surface area contributed by atoms with Crippen LogP contribution < -0.4 is 0 Å². The van der Waals surface area contributed by atoms with Crippen molar-refractivity contribution in [1.29, 1.82) is 0 Å². The average Bonchev–Trinajstić information content (AvgIpc) is 2.08. The van der Waals surface area contributed by atoms with Crippen molar-refractivity contribution in [2.45, 2.75) is 38.7 Å². The molecular weight excluding hydrogens is 200 g/mol. The van der Waals surface area contributed by atoms with Crippen molar-refractivity contribution in [3.05, 3.63) is 0 Å². The summed E-state index contributed by atoms with van der Waals surface area (Å²) in [4.78, 5) is 2.24. The number of hydrogen-bond acceptors (Lipinski definition) is 2. The molecule has 0 aromatic rings. The van der Waals surface area contributed by atoms with E-state index in [0.717, 1.165) is 11.0 Å². The molecule has 0 heterocycles. The summed E-state index contributed by atoms with van der Waals surface area (Å²) in [6.07, 6.45) is 5.02. The van der Waals surface area contributed by atoms with Crippen LogP contribution in [0.15, 0.2) is 0 Å². The number of quaternary nitrogens is 1. The van der Waals surface area contributed by atoms with Gasteiger partial charge in [0.1, 0.15) is 12.6 Å². The molecule has 3 nitrogen and oxygen atoms in total. The summed E-state index contributed by atoms with van der Waals surface area (Å²) in [6, 6.07) is 0. The summed E-state index contributed by atoms with van der Waals surface area (Å²) in [5.74, 6) is 0. The van der Waals surface area contributed by atoms with Crippen molar-refractivity contribution in [2.24, 2.45) is 0 Å². The zero-order valence-electron chi connectivity index (χ0n) is 11.9. The molecule has 0 fully saturated rings. The van der Waals surface area contributed by atoms with Gasteiger partial charge in [0, 0.05) is 0 Å². The summed E-state index contributed by atoms with van der Waals surface area (Å²) >= 11 is 0. The van der Waals surface area contributed by atoms with Crippen LogP contribution in [0.2, 0.25) is 0 Å². The molecule has 1 N–H and O–H groups in total. The fourth-order valence-corrected chi connectivity index (χ4v) is 2.13. The van der Waals surface area contributed by atoms with Crippen LogP contribution in [0, 0.1) is 0 Å². The molecule has 0 aliphatic heterocycles. The second-order valence-electron chi connectivity index (χ2n) is 5.91. The molecule has 0 spiro atoms. The summed E-state index contributed by atoms with van der Waals surface area (Å²) in [7, 11) is 8.66. The van der Waals surface area contributed by atoms with E-state index in [9.17, 15) is 5.11 Å². The zero-order chi connectivity index (χ0) is 12.6. The number of nitrogens with zero attached hydrogens (tertiary/aromatic N) is 2. The maximum atomic E-state index is 9.37. The van der Waals surface area contributed by atoms with E-state index in [-0.39, 0.29) is 6.10 Å². The molecule has 0 aliphatic rings. The molecule has 0 rings (SSSR count). The standard InChI is InChI=1S/C13H31N2O/c1-13(16)12-15(4,5)11-9-7-6-8-10-14(2)3/h13,16H,6-12H2,1-5H3/q+1. The maximum absolute atomic E-state index is 9.37. The van der Waals surface area contributed by atoms with Gasteiger partial charge in [-0.2, -0.15) is 0 Å². The quantitative estimate of drug-likeness (QED) is 0.481. The van der Waals surface area contributed by atoms with Crippen LogP contribution >= 0.6 is 0 Å². The first-order valence-corrected chi connectivity index (χ1v) is 6.48. The van der Waals surface area contributed by atoms with Crippen molar-refractivity contribution >= 4 is 0 Å². The highest BCUT2D eigenvalue weighted by Gasteiger charge is 2.16. The van der Waals surface area contributed by atoms with Crippen LogP contribution in [0.3, 0.4) is 0 Å². The second-order valence-corrected chi connectivity index (χ2v) is 5.91. The lowest BCUT2D eigenvalue weighted by Crippen LogP contribution is -2.45.